The summed E-state index contributed by atoms with van der Waals surface area (Å²) < 4.78 is 19.2. The number of cyclic esters (lactones) is 1. The van der Waals surface area contributed by atoms with Crippen LogP contribution in [0.2, 0.25) is 0 Å². The number of esters is 3. The lowest BCUT2D eigenvalue weighted by Gasteiger charge is -2.27. The van der Waals surface area contributed by atoms with Crippen LogP contribution in [0.15, 0.2) is 0 Å². The van der Waals surface area contributed by atoms with Crippen LogP contribution in [0.1, 0.15) is 6.42 Å². The predicted octanol–water partition coefficient (Wildman–Crippen LogP) is -0.276. The molecule has 0 unspecified atom stereocenters. The Kier molecular flexibility index (Phi) is 4.97. The Bertz CT molecular complexity index is 356. The fraction of sp³-hybridized carbons (Fsp3) is 0.700. The molecule has 0 amide bonds. The molecule has 0 aromatic carbocycles. The van der Waals surface area contributed by atoms with Gasteiger partial charge in [0.2, 0.25) is 11.7 Å². The summed E-state index contributed by atoms with van der Waals surface area (Å²) in [5, 5.41) is 0. The number of rotatable bonds is 5. The van der Waals surface area contributed by atoms with Crippen molar-refractivity contribution in [3.63, 3.8) is 0 Å². The molecule has 1 rings (SSSR count). The van der Waals surface area contributed by atoms with Gasteiger partial charge in [0.25, 0.3) is 0 Å². The number of hydrogen-bond acceptors (Lipinski definition) is 8. The van der Waals surface area contributed by atoms with Crippen molar-refractivity contribution in [2.45, 2.75) is 18.1 Å². The van der Waals surface area contributed by atoms with Gasteiger partial charge in [-0.3, -0.25) is 4.79 Å². The van der Waals surface area contributed by atoms with Gasteiger partial charge in [0.05, 0.1) is 26.6 Å². The van der Waals surface area contributed by atoms with Gasteiger partial charge in [-0.15, -0.1) is 11.8 Å². The van der Waals surface area contributed by atoms with Crippen molar-refractivity contribution in [2.75, 3.05) is 26.4 Å². The first-order valence-electron chi connectivity index (χ1n) is 5.00. The molecule has 0 aliphatic carbocycles. The number of methoxy groups -OCH3 is 2. The minimum atomic E-state index is -1.76. The van der Waals surface area contributed by atoms with Crippen molar-refractivity contribution in [1.29, 1.82) is 0 Å². The van der Waals surface area contributed by atoms with Crippen LogP contribution in [0, 0.1) is 0 Å². The first kappa shape index (κ1) is 14.8. The molecule has 1 aliphatic heterocycles. The molecule has 8 heteroatoms. The second kappa shape index (κ2) is 6.05. The molecule has 2 atom stereocenters. The third kappa shape index (κ3) is 2.59. The fourth-order valence-electron chi connectivity index (χ4n) is 1.62. The molecule has 102 valence electrons. The van der Waals surface area contributed by atoms with Crippen molar-refractivity contribution in [1.82, 2.24) is 0 Å². The van der Waals surface area contributed by atoms with Gasteiger partial charge in [-0.05, 0) is 6.26 Å². The molecule has 7 nitrogen and oxygen atoms in total. The van der Waals surface area contributed by atoms with Crippen molar-refractivity contribution in [3.8, 4) is 0 Å². The van der Waals surface area contributed by atoms with Crippen molar-refractivity contribution in [2.24, 2.45) is 0 Å². The van der Waals surface area contributed by atoms with Crippen LogP contribution in [0.4, 0.5) is 0 Å². The maximum absolute atomic E-state index is 11.8. The Morgan fingerprint density at radius 2 is 2.11 bits per heavy atom. The molecular formula is C10H14O7S. The number of carbonyl (C=O) groups is 3. The minimum absolute atomic E-state index is 0.110. The molecular weight excluding hydrogens is 264 g/mol. The van der Waals surface area contributed by atoms with Gasteiger partial charge in [-0.1, -0.05) is 0 Å². The molecule has 1 saturated heterocycles. The zero-order valence-corrected chi connectivity index (χ0v) is 11.1. The molecule has 0 aromatic heterocycles. The Labute approximate surface area is 108 Å². The van der Waals surface area contributed by atoms with E-state index >= 15 is 0 Å². The van der Waals surface area contributed by atoms with Crippen molar-refractivity contribution < 1.29 is 33.3 Å². The van der Waals surface area contributed by atoms with Crippen LogP contribution in [0.5, 0.6) is 0 Å². The van der Waals surface area contributed by atoms with E-state index in [1.807, 2.05) is 0 Å². The second-order valence-electron chi connectivity index (χ2n) is 3.50. The van der Waals surface area contributed by atoms with E-state index in [4.69, 9.17) is 9.47 Å². The monoisotopic (exact) mass is 278 g/mol. The molecule has 0 radical (unpaired) electrons. The van der Waals surface area contributed by atoms with E-state index in [-0.39, 0.29) is 12.4 Å². The summed E-state index contributed by atoms with van der Waals surface area (Å²) in [6.07, 6.45) is -0.0648. The lowest BCUT2D eigenvalue weighted by atomic mass is 9.95. The minimum Gasteiger partial charge on any atom is -0.467 e. The highest BCUT2D eigenvalue weighted by atomic mass is 32.2. The van der Waals surface area contributed by atoms with E-state index in [2.05, 4.69) is 9.47 Å². The molecule has 0 aromatic rings. The predicted molar refractivity (Wildman–Crippen MR) is 60.7 cm³/mol. The molecule has 1 aliphatic rings. The van der Waals surface area contributed by atoms with E-state index in [1.54, 1.807) is 6.26 Å². The van der Waals surface area contributed by atoms with E-state index in [9.17, 15) is 14.4 Å². The van der Waals surface area contributed by atoms with Crippen molar-refractivity contribution in [3.05, 3.63) is 0 Å². The number of ether oxygens (including phenoxy) is 4. The second-order valence-corrected chi connectivity index (χ2v) is 4.31. The van der Waals surface area contributed by atoms with Gasteiger partial charge in [0.15, 0.2) is 0 Å². The number of carbonyl (C=O) groups excluding carboxylic acids is 3. The molecule has 18 heavy (non-hydrogen) atoms. The highest BCUT2D eigenvalue weighted by Crippen LogP contribution is 2.33. The maximum atomic E-state index is 11.8. The van der Waals surface area contributed by atoms with Gasteiger partial charge in [0.1, 0.15) is 0 Å². The summed E-state index contributed by atoms with van der Waals surface area (Å²) in [4.78, 5) is 34.7. The Balaban J connectivity index is 3.07. The molecule has 1 fully saturated rings. The maximum Gasteiger partial charge on any atom is 0.350 e. The van der Waals surface area contributed by atoms with Crippen LogP contribution in [0.3, 0.4) is 0 Å². The van der Waals surface area contributed by atoms with Gasteiger partial charge in [0, 0.05) is 0 Å². The molecule has 1 heterocycles. The van der Waals surface area contributed by atoms with Crippen LogP contribution < -0.4 is 0 Å². The average molecular weight is 278 g/mol. The molecule has 0 saturated carbocycles. The standard InChI is InChI=1S/C10H14O7S/c1-14-8(12)7-10(9(13)15-2,16-5-18-3)4-6(11)17-7/h7H,4-5H2,1-3H3/t7-,10+/m1/s1. The van der Waals surface area contributed by atoms with Crippen LogP contribution in [-0.2, 0) is 33.3 Å². The SMILES string of the molecule is COC(=O)[C@H]1OC(=O)C[C@@]1(OCSC)C(=O)OC. The summed E-state index contributed by atoms with van der Waals surface area (Å²) in [6.45, 7) is 0. The normalized spacial score (nSPS) is 26.6. The smallest absolute Gasteiger partial charge is 0.350 e. The number of thioether (sulfide) groups is 1. The van der Waals surface area contributed by atoms with E-state index < -0.39 is 29.6 Å². The van der Waals surface area contributed by atoms with Crippen LogP contribution >= 0.6 is 11.8 Å². The topological polar surface area (TPSA) is 88.1 Å². The van der Waals surface area contributed by atoms with Gasteiger partial charge >= 0.3 is 17.9 Å². The molecule has 0 bridgehead atoms. The summed E-state index contributed by atoms with van der Waals surface area (Å²) in [7, 11) is 2.27. The lowest BCUT2D eigenvalue weighted by molar-refractivity contribution is -0.185. The average Bonchev–Trinajstić information content (AvgIpc) is 2.72. The highest BCUT2D eigenvalue weighted by Gasteiger charge is 2.61. The van der Waals surface area contributed by atoms with E-state index in [0.29, 0.717) is 0 Å². The van der Waals surface area contributed by atoms with Crippen LogP contribution in [-0.4, -0.2) is 56.0 Å². The van der Waals surface area contributed by atoms with Gasteiger partial charge in [-0.25, -0.2) is 9.59 Å². The fourth-order valence-corrected chi connectivity index (χ4v) is 1.95. The Morgan fingerprint density at radius 3 is 2.61 bits per heavy atom. The third-order valence-corrected chi connectivity index (χ3v) is 2.81. The summed E-state index contributed by atoms with van der Waals surface area (Å²) >= 11 is 1.29. The van der Waals surface area contributed by atoms with Gasteiger partial charge in [-0.2, -0.15) is 0 Å². The lowest BCUT2D eigenvalue weighted by Crippen LogP contribution is -2.53. The Morgan fingerprint density at radius 1 is 1.44 bits per heavy atom. The zero-order valence-electron chi connectivity index (χ0n) is 10.3. The third-order valence-electron chi connectivity index (χ3n) is 2.46. The quantitative estimate of drug-likeness (QED) is 0.385. The van der Waals surface area contributed by atoms with Crippen LogP contribution in [0.25, 0.3) is 0 Å². The van der Waals surface area contributed by atoms with Gasteiger partial charge < -0.3 is 18.9 Å². The summed E-state index contributed by atoms with van der Waals surface area (Å²) in [5.74, 6) is -2.29. The summed E-state index contributed by atoms with van der Waals surface area (Å²) in [6, 6.07) is 0. The molecule has 0 spiro atoms. The van der Waals surface area contributed by atoms with Crippen molar-refractivity contribution >= 4 is 29.7 Å². The number of hydrogen-bond donors (Lipinski definition) is 0. The summed E-state index contributed by atoms with van der Waals surface area (Å²) in [5.41, 5.74) is -1.76. The first-order valence-corrected chi connectivity index (χ1v) is 6.39. The first-order chi connectivity index (χ1) is 8.51. The largest absolute Gasteiger partial charge is 0.467 e. The highest BCUT2D eigenvalue weighted by molar-refractivity contribution is 7.98. The van der Waals surface area contributed by atoms with E-state index in [0.717, 1.165) is 14.2 Å². The van der Waals surface area contributed by atoms with E-state index in [1.165, 1.54) is 11.8 Å². The zero-order chi connectivity index (χ0) is 13.8. The Hall–Kier alpha value is -1.28. The molecule has 0 N–H and O–H groups in total.